The molecule has 4 rings (SSSR count). The highest BCUT2D eigenvalue weighted by atomic mass is 19.4. The molecule has 2 fully saturated rings. The van der Waals surface area contributed by atoms with Crippen molar-refractivity contribution in [3.8, 4) is 0 Å². The second-order valence-electron chi connectivity index (χ2n) is 8.60. The molecule has 3 atom stereocenters. The second kappa shape index (κ2) is 8.64. The summed E-state index contributed by atoms with van der Waals surface area (Å²) in [6.45, 7) is 2.49. The first-order chi connectivity index (χ1) is 13.9. The van der Waals surface area contributed by atoms with Gasteiger partial charge in [-0.1, -0.05) is 6.07 Å². The van der Waals surface area contributed by atoms with Gasteiger partial charge in [0.1, 0.15) is 0 Å². The lowest BCUT2D eigenvalue weighted by Gasteiger charge is -2.31. The molecule has 0 aromatic heterocycles. The van der Waals surface area contributed by atoms with Crippen molar-refractivity contribution in [3.63, 3.8) is 0 Å². The quantitative estimate of drug-likeness (QED) is 0.821. The molecule has 4 nitrogen and oxygen atoms in total. The number of hydrogen-bond acceptors (Lipinski definition) is 3. The van der Waals surface area contributed by atoms with Gasteiger partial charge in [0.25, 0.3) is 0 Å². The smallest absolute Gasteiger partial charge is 0.381 e. The molecule has 29 heavy (non-hydrogen) atoms. The van der Waals surface area contributed by atoms with Crippen LogP contribution in [0.15, 0.2) is 18.2 Å². The van der Waals surface area contributed by atoms with Crippen LogP contribution < -0.4 is 5.32 Å². The number of ether oxygens (including phenoxy) is 1. The number of carbonyl (C=O) groups is 1. The van der Waals surface area contributed by atoms with Crippen molar-refractivity contribution in [1.82, 2.24) is 10.2 Å². The van der Waals surface area contributed by atoms with E-state index in [9.17, 15) is 18.0 Å². The summed E-state index contributed by atoms with van der Waals surface area (Å²) in [5, 5.41) is 3.71. The Morgan fingerprint density at radius 1 is 1.07 bits per heavy atom. The predicted molar refractivity (Wildman–Crippen MR) is 103 cm³/mol. The standard InChI is InChI=1S/C22H29F3N2O2/c23-22(24,25)18-5-3-15-7-9-27(14-17(15)12-18)21(28)16-4-6-20(13-16)26-19-2-1-10-29-11-8-19/h3,5,12,16,19-20,26H,1-2,4,6-11,13-14H2. The van der Waals surface area contributed by atoms with Crippen LogP contribution in [-0.2, 0) is 28.7 Å². The number of carbonyl (C=O) groups excluding carboxylic acids is 1. The Morgan fingerprint density at radius 2 is 1.93 bits per heavy atom. The molecule has 1 saturated carbocycles. The van der Waals surface area contributed by atoms with Crippen LogP contribution in [-0.4, -0.2) is 42.6 Å². The van der Waals surface area contributed by atoms with E-state index in [2.05, 4.69) is 5.32 Å². The first-order valence-corrected chi connectivity index (χ1v) is 10.7. The molecular formula is C22H29F3N2O2. The van der Waals surface area contributed by atoms with Crippen molar-refractivity contribution in [2.24, 2.45) is 5.92 Å². The van der Waals surface area contributed by atoms with Crippen LogP contribution in [0.5, 0.6) is 0 Å². The molecule has 1 aliphatic carbocycles. The molecule has 3 aliphatic rings. The number of hydrogen-bond donors (Lipinski definition) is 1. The number of fused-ring (bicyclic) bond motifs is 1. The Kier molecular flexibility index (Phi) is 6.16. The van der Waals surface area contributed by atoms with Gasteiger partial charge in [-0.05, 0) is 68.2 Å². The van der Waals surface area contributed by atoms with Crippen LogP contribution in [0.1, 0.15) is 55.2 Å². The van der Waals surface area contributed by atoms with Crippen LogP contribution in [0, 0.1) is 5.92 Å². The molecule has 3 unspecified atom stereocenters. The Labute approximate surface area is 169 Å². The molecule has 7 heteroatoms. The minimum absolute atomic E-state index is 0.0260. The van der Waals surface area contributed by atoms with E-state index in [1.165, 1.54) is 6.07 Å². The van der Waals surface area contributed by atoms with Crippen LogP contribution in [0.25, 0.3) is 0 Å². The Morgan fingerprint density at radius 3 is 2.76 bits per heavy atom. The normalized spacial score (nSPS) is 28.1. The molecule has 0 bridgehead atoms. The molecule has 0 spiro atoms. The fraction of sp³-hybridized carbons (Fsp3) is 0.682. The van der Waals surface area contributed by atoms with Crippen LogP contribution in [0.4, 0.5) is 13.2 Å². The van der Waals surface area contributed by atoms with Crippen LogP contribution in [0.3, 0.4) is 0 Å². The summed E-state index contributed by atoms with van der Waals surface area (Å²) in [6.07, 6.45) is 2.12. The van der Waals surface area contributed by atoms with Gasteiger partial charge in [0, 0.05) is 44.3 Å². The summed E-state index contributed by atoms with van der Waals surface area (Å²) in [7, 11) is 0. The van der Waals surface area contributed by atoms with Gasteiger partial charge in [0.15, 0.2) is 0 Å². The largest absolute Gasteiger partial charge is 0.416 e. The van der Waals surface area contributed by atoms with Crippen molar-refractivity contribution in [3.05, 3.63) is 34.9 Å². The highest BCUT2D eigenvalue weighted by Gasteiger charge is 2.36. The molecule has 1 N–H and O–H groups in total. The van der Waals surface area contributed by atoms with E-state index < -0.39 is 11.7 Å². The van der Waals surface area contributed by atoms with Crippen molar-refractivity contribution in [2.75, 3.05) is 19.8 Å². The van der Waals surface area contributed by atoms with Crippen molar-refractivity contribution in [1.29, 1.82) is 0 Å². The van der Waals surface area contributed by atoms with Gasteiger partial charge in [0.2, 0.25) is 5.91 Å². The fourth-order valence-corrected chi connectivity index (χ4v) is 4.94. The molecule has 2 aliphatic heterocycles. The third kappa shape index (κ3) is 4.94. The Hall–Kier alpha value is -1.60. The zero-order chi connectivity index (χ0) is 20.4. The van der Waals surface area contributed by atoms with E-state index in [1.807, 2.05) is 0 Å². The zero-order valence-corrected chi connectivity index (χ0v) is 16.6. The number of rotatable bonds is 3. The number of benzene rings is 1. The number of nitrogens with one attached hydrogen (secondary N) is 1. The summed E-state index contributed by atoms with van der Waals surface area (Å²) in [6, 6.07) is 4.72. The van der Waals surface area contributed by atoms with Gasteiger partial charge < -0.3 is 15.0 Å². The first kappa shape index (κ1) is 20.7. The maximum atomic E-state index is 13.0. The summed E-state index contributed by atoms with van der Waals surface area (Å²) in [5.74, 6) is 0.0726. The lowest BCUT2D eigenvalue weighted by molar-refractivity contribution is -0.137. The Bertz CT molecular complexity index is 729. The zero-order valence-electron chi connectivity index (χ0n) is 16.6. The van der Waals surface area contributed by atoms with E-state index in [0.29, 0.717) is 30.6 Å². The lowest BCUT2D eigenvalue weighted by atomic mass is 9.95. The van der Waals surface area contributed by atoms with E-state index in [4.69, 9.17) is 4.74 Å². The van der Waals surface area contributed by atoms with E-state index >= 15 is 0 Å². The van der Waals surface area contributed by atoms with Crippen molar-refractivity contribution in [2.45, 2.75) is 69.8 Å². The van der Waals surface area contributed by atoms with Gasteiger partial charge in [-0.2, -0.15) is 13.2 Å². The molecular weight excluding hydrogens is 381 g/mol. The van der Waals surface area contributed by atoms with Gasteiger partial charge in [-0.25, -0.2) is 0 Å². The summed E-state index contributed by atoms with van der Waals surface area (Å²) < 4.78 is 44.6. The third-order valence-corrected chi connectivity index (χ3v) is 6.56. The fourth-order valence-electron chi connectivity index (χ4n) is 4.94. The minimum atomic E-state index is -4.35. The van der Waals surface area contributed by atoms with Crippen molar-refractivity contribution >= 4 is 5.91 Å². The highest BCUT2D eigenvalue weighted by molar-refractivity contribution is 5.79. The third-order valence-electron chi connectivity index (χ3n) is 6.56. The first-order valence-electron chi connectivity index (χ1n) is 10.7. The number of nitrogens with zero attached hydrogens (tertiary/aromatic N) is 1. The maximum absolute atomic E-state index is 13.0. The minimum Gasteiger partial charge on any atom is -0.381 e. The topological polar surface area (TPSA) is 41.6 Å². The SMILES string of the molecule is O=C(C1CCC(NC2CCCOCC2)C1)N1CCc2ccc(C(F)(F)F)cc2C1. The van der Waals surface area contributed by atoms with Gasteiger partial charge in [-0.15, -0.1) is 0 Å². The summed E-state index contributed by atoms with van der Waals surface area (Å²) >= 11 is 0. The highest BCUT2D eigenvalue weighted by Crippen LogP contribution is 2.34. The van der Waals surface area contributed by atoms with Gasteiger partial charge in [-0.3, -0.25) is 4.79 Å². The monoisotopic (exact) mass is 410 g/mol. The average molecular weight is 410 g/mol. The lowest BCUT2D eigenvalue weighted by Crippen LogP contribution is -2.41. The molecule has 1 aromatic carbocycles. The van der Waals surface area contributed by atoms with Crippen LogP contribution in [0.2, 0.25) is 0 Å². The van der Waals surface area contributed by atoms with Crippen molar-refractivity contribution < 1.29 is 22.7 Å². The number of alkyl halides is 3. The maximum Gasteiger partial charge on any atom is 0.416 e. The van der Waals surface area contributed by atoms with E-state index in [0.717, 1.165) is 63.4 Å². The van der Waals surface area contributed by atoms with Gasteiger partial charge >= 0.3 is 6.18 Å². The second-order valence-corrected chi connectivity index (χ2v) is 8.60. The average Bonchev–Trinajstić information content (AvgIpc) is 3.01. The van der Waals surface area contributed by atoms with E-state index in [-0.39, 0.29) is 18.4 Å². The molecule has 1 amide bonds. The van der Waals surface area contributed by atoms with Crippen LogP contribution >= 0.6 is 0 Å². The Balaban J connectivity index is 1.34. The molecule has 1 aromatic rings. The molecule has 1 saturated heterocycles. The molecule has 2 heterocycles. The number of amides is 1. The predicted octanol–water partition coefficient (Wildman–Crippen LogP) is 3.92. The summed E-state index contributed by atoms with van der Waals surface area (Å²) in [4.78, 5) is 14.8. The summed E-state index contributed by atoms with van der Waals surface area (Å²) in [5.41, 5.74) is 0.914. The number of halogens is 3. The molecule has 0 radical (unpaired) electrons. The van der Waals surface area contributed by atoms with Gasteiger partial charge in [0.05, 0.1) is 5.56 Å². The van der Waals surface area contributed by atoms with E-state index in [1.54, 1.807) is 11.0 Å². The molecule has 160 valence electrons.